The van der Waals surface area contributed by atoms with Gasteiger partial charge in [0, 0.05) is 28.7 Å². The maximum absolute atomic E-state index is 12.6. The average Bonchev–Trinajstić information content (AvgIpc) is 2.71. The molecule has 0 heterocycles. The van der Waals surface area contributed by atoms with Crippen LogP contribution in [0.4, 0.5) is 5.69 Å². The van der Waals surface area contributed by atoms with Gasteiger partial charge in [-0.2, -0.15) is 0 Å². The molecule has 2 N–H and O–H groups in total. The lowest BCUT2D eigenvalue weighted by atomic mass is 9.99. The fourth-order valence-corrected chi connectivity index (χ4v) is 3.24. The Hall–Kier alpha value is -2.92. The summed E-state index contributed by atoms with van der Waals surface area (Å²) in [6.07, 6.45) is 0.200. The summed E-state index contributed by atoms with van der Waals surface area (Å²) in [5.41, 5.74) is 4.19. The number of carbonyl (C=O) groups excluding carboxylic acids is 2. The minimum absolute atomic E-state index is 0.141. The van der Waals surface area contributed by atoms with Crippen molar-refractivity contribution in [1.82, 2.24) is 5.32 Å². The number of nitrogens with one attached hydrogen (secondary N) is 2. The topological polar surface area (TPSA) is 58.2 Å². The molecule has 0 saturated heterocycles. The zero-order valence-corrected chi connectivity index (χ0v) is 17.1. The van der Waals surface area contributed by atoms with Gasteiger partial charge in [-0.25, -0.2) is 0 Å². The van der Waals surface area contributed by atoms with Crippen LogP contribution in [0, 0.1) is 6.92 Å². The van der Waals surface area contributed by atoms with Crippen molar-refractivity contribution in [3.05, 3.63) is 88.4 Å². The quantitative estimate of drug-likeness (QED) is 0.558. The molecule has 0 radical (unpaired) electrons. The third kappa shape index (κ3) is 5.08. The number of carbonyl (C=O) groups is 2. The lowest BCUT2D eigenvalue weighted by Crippen LogP contribution is -2.28. The van der Waals surface area contributed by atoms with E-state index < -0.39 is 0 Å². The lowest BCUT2D eigenvalue weighted by molar-refractivity contribution is -0.116. The van der Waals surface area contributed by atoms with Gasteiger partial charge in [-0.05, 0) is 41.8 Å². The molecule has 0 saturated carbocycles. The van der Waals surface area contributed by atoms with E-state index in [0.29, 0.717) is 5.56 Å². The van der Waals surface area contributed by atoms with Crippen molar-refractivity contribution in [2.45, 2.75) is 13.3 Å². The van der Waals surface area contributed by atoms with Crippen LogP contribution in [0.15, 0.2) is 77.3 Å². The van der Waals surface area contributed by atoms with Crippen LogP contribution in [0.25, 0.3) is 11.1 Å². The highest BCUT2D eigenvalue weighted by atomic mass is 79.9. The average molecular weight is 437 g/mol. The Labute approximate surface area is 173 Å². The van der Waals surface area contributed by atoms with E-state index in [1.54, 1.807) is 6.07 Å². The van der Waals surface area contributed by atoms with E-state index in [1.165, 1.54) is 0 Å². The van der Waals surface area contributed by atoms with Crippen LogP contribution in [0.1, 0.15) is 22.3 Å². The number of benzene rings is 3. The number of aryl methyl sites for hydroxylation is 1. The van der Waals surface area contributed by atoms with Crippen LogP contribution in [-0.4, -0.2) is 18.4 Å². The molecule has 3 rings (SSSR count). The van der Waals surface area contributed by atoms with Gasteiger partial charge in [0.15, 0.2) is 0 Å². The van der Waals surface area contributed by atoms with E-state index in [4.69, 9.17) is 0 Å². The maximum atomic E-state index is 12.6. The van der Waals surface area contributed by atoms with Crippen molar-refractivity contribution in [2.24, 2.45) is 0 Å². The number of anilines is 1. The van der Waals surface area contributed by atoms with Gasteiger partial charge < -0.3 is 10.6 Å². The predicted molar refractivity (Wildman–Crippen MR) is 116 cm³/mol. The van der Waals surface area contributed by atoms with Crippen molar-refractivity contribution in [3.63, 3.8) is 0 Å². The molecule has 28 heavy (non-hydrogen) atoms. The first kappa shape index (κ1) is 19.8. The van der Waals surface area contributed by atoms with Gasteiger partial charge in [0.05, 0.1) is 0 Å². The largest absolute Gasteiger partial charge is 0.352 e. The second-order valence-corrected chi connectivity index (χ2v) is 7.34. The molecule has 0 aromatic heterocycles. The Morgan fingerprint density at radius 1 is 0.929 bits per heavy atom. The van der Waals surface area contributed by atoms with Gasteiger partial charge in [-0.3, -0.25) is 9.59 Å². The zero-order valence-electron chi connectivity index (χ0n) is 15.5. The highest BCUT2D eigenvalue weighted by Gasteiger charge is 2.12. The molecular formula is C23H21BrN2O2. The van der Waals surface area contributed by atoms with Gasteiger partial charge in [0.1, 0.15) is 0 Å². The van der Waals surface area contributed by atoms with E-state index in [-0.39, 0.29) is 24.8 Å². The highest BCUT2D eigenvalue weighted by molar-refractivity contribution is 9.10. The monoisotopic (exact) mass is 436 g/mol. The Morgan fingerprint density at radius 2 is 1.64 bits per heavy atom. The third-order valence-electron chi connectivity index (χ3n) is 4.37. The molecule has 0 fully saturated rings. The molecule has 3 aromatic carbocycles. The van der Waals surface area contributed by atoms with Crippen LogP contribution >= 0.6 is 15.9 Å². The van der Waals surface area contributed by atoms with E-state index in [2.05, 4.69) is 26.6 Å². The molecule has 2 amide bonds. The molecule has 0 atom stereocenters. The Kier molecular flexibility index (Phi) is 6.61. The van der Waals surface area contributed by atoms with Crippen molar-refractivity contribution in [3.8, 4) is 11.1 Å². The van der Waals surface area contributed by atoms with Crippen LogP contribution in [-0.2, 0) is 4.79 Å². The van der Waals surface area contributed by atoms with Crippen molar-refractivity contribution >= 4 is 33.4 Å². The Bertz CT molecular complexity index is 987. The minimum atomic E-state index is -0.189. The van der Waals surface area contributed by atoms with E-state index in [0.717, 1.165) is 26.9 Å². The summed E-state index contributed by atoms with van der Waals surface area (Å²) in [5.74, 6) is -0.330. The first-order valence-corrected chi connectivity index (χ1v) is 9.82. The molecular weight excluding hydrogens is 416 g/mol. The summed E-state index contributed by atoms with van der Waals surface area (Å²) < 4.78 is 0.902. The summed E-state index contributed by atoms with van der Waals surface area (Å²) >= 11 is 3.40. The number of amides is 2. The molecule has 0 bridgehead atoms. The Balaban J connectivity index is 1.59. The standard InChI is InChI=1S/C23H21BrN2O2/c1-16-11-12-18(24)15-21(16)26-22(27)13-14-25-23(28)20-10-6-5-9-19(20)17-7-3-2-4-8-17/h2-12,15H,13-14H2,1H3,(H,25,28)(H,26,27). The Morgan fingerprint density at radius 3 is 2.43 bits per heavy atom. The maximum Gasteiger partial charge on any atom is 0.251 e. The molecule has 0 aliphatic carbocycles. The first-order chi connectivity index (χ1) is 13.5. The van der Waals surface area contributed by atoms with Crippen LogP contribution in [0.5, 0.6) is 0 Å². The SMILES string of the molecule is Cc1ccc(Br)cc1NC(=O)CCNC(=O)c1ccccc1-c1ccccc1. The van der Waals surface area contributed by atoms with Crippen LogP contribution in [0.2, 0.25) is 0 Å². The second kappa shape index (κ2) is 9.33. The second-order valence-electron chi connectivity index (χ2n) is 6.42. The van der Waals surface area contributed by atoms with E-state index >= 15 is 0 Å². The number of hydrogen-bond acceptors (Lipinski definition) is 2. The van der Waals surface area contributed by atoms with Gasteiger partial charge in [-0.15, -0.1) is 0 Å². The number of hydrogen-bond donors (Lipinski definition) is 2. The first-order valence-electron chi connectivity index (χ1n) is 9.03. The van der Waals surface area contributed by atoms with Gasteiger partial charge in [0.25, 0.3) is 5.91 Å². The van der Waals surface area contributed by atoms with Gasteiger partial charge in [0.2, 0.25) is 5.91 Å². The molecule has 3 aromatic rings. The smallest absolute Gasteiger partial charge is 0.251 e. The molecule has 142 valence electrons. The molecule has 0 aliphatic rings. The van der Waals surface area contributed by atoms with E-state index in [9.17, 15) is 9.59 Å². The van der Waals surface area contributed by atoms with Crippen LogP contribution < -0.4 is 10.6 Å². The van der Waals surface area contributed by atoms with Gasteiger partial charge >= 0.3 is 0 Å². The zero-order chi connectivity index (χ0) is 19.9. The lowest BCUT2D eigenvalue weighted by Gasteiger charge is -2.11. The molecule has 0 aliphatic heterocycles. The minimum Gasteiger partial charge on any atom is -0.352 e. The van der Waals surface area contributed by atoms with Crippen molar-refractivity contribution < 1.29 is 9.59 Å². The molecule has 0 spiro atoms. The normalized spacial score (nSPS) is 10.4. The molecule has 4 nitrogen and oxygen atoms in total. The van der Waals surface area contributed by atoms with Crippen molar-refractivity contribution in [2.75, 3.05) is 11.9 Å². The number of halogens is 1. The van der Waals surface area contributed by atoms with Gasteiger partial charge in [-0.1, -0.05) is 70.5 Å². The predicted octanol–water partition coefficient (Wildman–Crippen LogP) is 5.18. The van der Waals surface area contributed by atoms with Crippen molar-refractivity contribution in [1.29, 1.82) is 0 Å². The fourth-order valence-electron chi connectivity index (χ4n) is 2.88. The summed E-state index contributed by atoms with van der Waals surface area (Å²) in [5, 5.41) is 5.72. The highest BCUT2D eigenvalue weighted by Crippen LogP contribution is 2.23. The third-order valence-corrected chi connectivity index (χ3v) is 4.86. The summed E-state index contributed by atoms with van der Waals surface area (Å²) in [6, 6.07) is 23.0. The summed E-state index contributed by atoms with van der Waals surface area (Å²) in [4.78, 5) is 24.8. The molecule has 5 heteroatoms. The fraction of sp³-hybridized carbons (Fsp3) is 0.130. The summed E-state index contributed by atoms with van der Waals surface area (Å²) in [6.45, 7) is 2.20. The number of rotatable bonds is 6. The summed E-state index contributed by atoms with van der Waals surface area (Å²) in [7, 11) is 0. The molecule has 0 unspecified atom stereocenters. The van der Waals surface area contributed by atoms with E-state index in [1.807, 2.05) is 73.7 Å². The van der Waals surface area contributed by atoms with Crippen LogP contribution in [0.3, 0.4) is 0 Å².